The number of ether oxygens (including phenoxy) is 2. The first kappa shape index (κ1) is 19.8. The number of anilines is 1. The molecule has 1 fully saturated rings. The lowest BCUT2D eigenvalue weighted by Gasteiger charge is -2.35. The van der Waals surface area contributed by atoms with Gasteiger partial charge in [0.05, 0.1) is 5.56 Å². The van der Waals surface area contributed by atoms with E-state index in [-0.39, 0.29) is 5.91 Å². The topological polar surface area (TPSA) is 54.9 Å². The normalized spacial score (nSPS) is 13.7. The molecule has 3 aromatic rings. The molecule has 1 amide bonds. The standard InChI is InChI=1S/C24H25N3O3/c28-24(27-16-14-26(15-17-27)23-12-6-7-13-25-23)21-10-4-5-11-22(21)30-19-18-29-20-8-2-1-3-9-20/h1-13H,14-19H2. The number of nitrogens with zero attached hydrogens (tertiary/aromatic N) is 3. The van der Waals surface area contributed by atoms with E-state index in [1.807, 2.05) is 77.7 Å². The number of para-hydroxylation sites is 2. The molecule has 0 bridgehead atoms. The van der Waals surface area contributed by atoms with Gasteiger partial charge in [-0.1, -0.05) is 36.4 Å². The Morgan fingerprint density at radius 3 is 2.27 bits per heavy atom. The van der Waals surface area contributed by atoms with Crippen molar-refractivity contribution in [2.75, 3.05) is 44.3 Å². The van der Waals surface area contributed by atoms with E-state index in [4.69, 9.17) is 9.47 Å². The zero-order chi connectivity index (χ0) is 20.6. The Morgan fingerprint density at radius 2 is 1.50 bits per heavy atom. The predicted octanol–water partition coefficient (Wildman–Crippen LogP) is 3.50. The summed E-state index contributed by atoms with van der Waals surface area (Å²) in [6, 6.07) is 22.9. The van der Waals surface area contributed by atoms with Crippen LogP contribution in [0.2, 0.25) is 0 Å². The monoisotopic (exact) mass is 403 g/mol. The maximum atomic E-state index is 13.1. The summed E-state index contributed by atoms with van der Waals surface area (Å²) in [6.45, 7) is 3.61. The van der Waals surface area contributed by atoms with Gasteiger partial charge >= 0.3 is 0 Å². The summed E-state index contributed by atoms with van der Waals surface area (Å²) in [6.07, 6.45) is 1.79. The van der Waals surface area contributed by atoms with E-state index in [0.29, 0.717) is 37.6 Å². The number of hydrogen-bond donors (Lipinski definition) is 0. The van der Waals surface area contributed by atoms with Crippen molar-refractivity contribution in [3.05, 3.63) is 84.6 Å². The number of carbonyl (C=O) groups excluding carboxylic acids is 1. The highest BCUT2D eigenvalue weighted by molar-refractivity contribution is 5.97. The summed E-state index contributed by atoms with van der Waals surface area (Å²) in [4.78, 5) is 21.6. The summed E-state index contributed by atoms with van der Waals surface area (Å²) >= 11 is 0. The van der Waals surface area contributed by atoms with Crippen LogP contribution in [0.15, 0.2) is 79.0 Å². The molecule has 0 atom stereocenters. The number of piperazine rings is 1. The van der Waals surface area contributed by atoms with Crippen molar-refractivity contribution in [1.29, 1.82) is 0 Å². The zero-order valence-electron chi connectivity index (χ0n) is 16.8. The summed E-state index contributed by atoms with van der Waals surface area (Å²) in [5, 5.41) is 0. The molecule has 0 radical (unpaired) electrons. The third-order valence-electron chi connectivity index (χ3n) is 5.01. The lowest BCUT2D eigenvalue weighted by molar-refractivity contribution is 0.0741. The first-order chi connectivity index (χ1) is 14.8. The van der Waals surface area contributed by atoms with E-state index in [2.05, 4.69) is 9.88 Å². The molecule has 0 N–H and O–H groups in total. The van der Waals surface area contributed by atoms with Crippen LogP contribution in [0.1, 0.15) is 10.4 Å². The molecule has 6 nitrogen and oxygen atoms in total. The van der Waals surface area contributed by atoms with Crippen molar-refractivity contribution < 1.29 is 14.3 Å². The number of hydrogen-bond acceptors (Lipinski definition) is 5. The SMILES string of the molecule is O=C(c1ccccc1OCCOc1ccccc1)N1CCN(c2ccccn2)CC1. The van der Waals surface area contributed by atoms with Gasteiger partial charge in [-0.25, -0.2) is 4.98 Å². The largest absolute Gasteiger partial charge is 0.490 e. The van der Waals surface area contributed by atoms with Crippen LogP contribution < -0.4 is 14.4 Å². The second-order valence-corrected chi connectivity index (χ2v) is 6.97. The summed E-state index contributed by atoms with van der Waals surface area (Å²) < 4.78 is 11.5. The third kappa shape index (κ3) is 4.89. The lowest BCUT2D eigenvalue weighted by Crippen LogP contribution is -2.49. The number of pyridine rings is 1. The quantitative estimate of drug-likeness (QED) is 0.565. The highest BCUT2D eigenvalue weighted by atomic mass is 16.5. The zero-order valence-corrected chi connectivity index (χ0v) is 16.8. The molecule has 2 heterocycles. The van der Waals surface area contributed by atoms with E-state index in [9.17, 15) is 4.79 Å². The van der Waals surface area contributed by atoms with Gasteiger partial charge in [-0.15, -0.1) is 0 Å². The molecule has 0 spiro atoms. The first-order valence-corrected chi connectivity index (χ1v) is 10.2. The van der Waals surface area contributed by atoms with Gasteiger partial charge in [0, 0.05) is 32.4 Å². The van der Waals surface area contributed by atoms with Gasteiger partial charge in [-0.3, -0.25) is 4.79 Å². The van der Waals surface area contributed by atoms with Crippen molar-refractivity contribution in [3.8, 4) is 11.5 Å². The molecule has 30 heavy (non-hydrogen) atoms. The summed E-state index contributed by atoms with van der Waals surface area (Å²) in [7, 11) is 0. The Hall–Kier alpha value is -3.54. The summed E-state index contributed by atoms with van der Waals surface area (Å²) in [5.74, 6) is 2.34. The molecule has 6 heteroatoms. The van der Waals surface area contributed by atoms with Crippen molar-refractivity contribution in [2.24, 2.45) is 0 Å². The van der Waals surface area contributed by atoms with Crippen LogP contribution in [0.3, 0.4) is 0 Å². The number of rotatable bonds is 7. The molecule has 1 saturated heterocycles. The van der Waals surface area contributed by atoms with Crippen LogP contribution >= 0.6 is 0 Å². The van der Waals surface area contributed by atoms with Crippen molar-refractivity contribution in [2.45, 2.75) is 0 Å². The fourth-order valence-corrected chi connectivity index (χ4v) is 3.45. The van der Waals surface area contributed by atoms with Gasteiger partial charge in [0.2, 0.25) is 0 Å². The number of aromatic nitrogens is 1. The maximum Gasteiger partial charge on any atom is 0.257 e. The van der Waals surface area contributed by atoms with Crippen LogP contribution in [0.5, 0.6) is 11.5 Å². The van der Waals surface area contributed by atoms with Gasteiger partial charge < -0.3 is 19.3 Å². The van der Waals surface area contributed by atoms with Gasteiger partial charge in [0.15, 0.2) is 0 Å². The van der Waals surface area contributed by atoms with Gasteiger partial charge in [-0.2, -0.15) is 0 Å². The maximum absolute atomic E-state index is 13.1. The number of amides is 1. The first-order valence-electron chi connectivity index (χ1n) is 10.2. The molecule has 1 aromatic heterocycles. The van der Waals surface area contributed by atoms with Crippen LogP contribution in [-0.4, -0.2) is 55.2 Å². The molecule has 2 aromatic carbocycles. The molecule has 0 saturated carbocycles. The van der Waals surface area contributed by atoms with E-state index in [0.717, 1.165) is 24.7 Å². The second-order valence-electron chi connectivity index (χ2n) is 6.97. The van der Waals surface area contributed by atoms with Gasteiger partial charge in [0.1, 0.15) is 30.5 Å². The van der Waals surface area contributed by atoms with Crippen LogP contribution in [0, 0.1) is 0 Å². The highest BCUT2D eigenvalue weighted by Gasteiger charge is 2.24. The number of carbonyl (C=O) groups is 1. The smallest absolute Gasteiger partial charge is 0.257 e. The van der Waals surface area contributed by atoms with Gasteiger partial charge in [0.25, 0.3) is 5.91 Å². The van der Waals surface area contributed by atoms with E-state index in [1.54, 1.807) is 6.20 Å². The fraction of sp³-hybridized carbons (Fsp3) is 0.250. The molecule has 0 aliphatic carbocycles. The average molecular weight is 403 g/mol. The van der Waals surface area contributed by atoms with Crippen LogP contribution in [0.4, 0.5) is 5.82 Å². The Balaban J connectivity index is 1.32. The Bertz CT molecular complexity index is 942. The molecule has 154 valence electrons. The minimum Gasteiger partial charge on any atom is -0.490 e. The fourth-order valence-electron chi connectivity index (χ4n) is 3.45. The molecule has 1 aliphatic heterocycles. The average Bonchev–Trinajstić information content (AvgIpc) is 2.83. The molecular formula is C24H25N3O3. The second kappa shape index (κ2) is 9.78. The van der Waals surface area contributed by atoms with E-state index < -0.39 is 0 Å². The minimum absolute atomic E-state index is 0.00440. The summed E-state index contributed by atoms with van der Waals surface area (Å²) in [5.41, 5.74) is 0.587. The lowest BCUT2D eigenvalue weighted by atomic mass is 10.1. The predicted molar refractivity (Wildman–Crippen MR) is 116 cm³/mol. The Labute approximate surface area is 176 Å². The van der Waals surface area contributed by atoms with Crippen LogP contribution in [-0.2, 0) is 0 Å². The van der Waals surface area contributed by atoms with Crippen molar-refractivity contribution >= 4 is 11.7 Å². The Morgan fingerprint density at radius 1 is 0.800 bits per heavy atom. The van der Waals surface area contributed by atoms with E-state index >= 15 is 0 Å². The Kier molecular flexibility index (Phi) is 6.44. The van der Waals surface area contributed by atoms with Crippen molar-refractivity contribution in [3.63, 3.8) is 0 Å². The number of benzene rings is 2. The molecule has 4 rings (SSSR count). The molecule has 1 aliphatic rings. The van der Waals surface area contributed by atoms with Crippen LogP contribution in [0.25, 0.3) is 0 Å². The van der Waals surface area contributed by atoms with Crippen molar-refractivity contribution in [1.82, 2.24) is 9.88 Å². The van der Waals surface area contributed by atoms with Gasteiger partial charge in [-0.05, 0) is 36.4 Å². The third-order valence-corrected chi connectivity index (χ3v) is 5.01. The minimum atomic E-state index is -0.00440. The molecule has 0 unspecified atom stereocenters. The molecular weight excluding hydrogens is 378 g/mol. The highest BCUT2D eigenvalue weighted by Crippen LogP contribution is 2.22. The van der Waals surface area contributed by atoms with E-state index in [1.165, 1.54) is 0 Å².